The SMILES string of the molecule is O=C1OCCc2cc(-c3cn4c(n3)CNCC4)ccc21. The Morgan fingerprint density at radius 3 is 3.20 bits per heavy atom. The van der Waals surface area contributed by atoms with Crippen LogP contribution in [0.5, 0.6) is 0 Å². The van der Waals surface area contributed by atoms with Gasteiger partial charge in [-0.2, -0.15) is 0 Å². The third-order valence-electron chi connectivity index (χ3n) is 3.90. The number of imidazole rings is 1. The predicted molar refractivity (Wildman–Crippen MR) is 73.4 cm³/mol. The van der Waals surface area contributed by atoms with Gasteiger partial charge in [-0.3, -0.25) is 0 Å². The van der Waals surface area contributed by atoms with Crippen LogP contribution >= 0.6 is 0 Å². The summed E-state index contributed by atoms with van der Waals surface area (Å²) in [6.45, 7) is 3.23. The average Bonchev–Trinajstić information content (AvgIpc) is 2.91. The molecule has 3 heterocycles. The molecule has 1 N–H and O–H groups in total. The molecule has 5 heteroatoms. The van der Waals surface area contributed by atoms with Gasteiger partial charge in [-0.15, -0.1) is 0 Å². The lowest BCUT2D eigenvalue weighted by molar-refractivity contribution is 0.0480. The van der Waals surface area contributed by atoms with Crippen molar-refractivity contribution in [3.05, 3.63) is 41.3 Å². The normalized spacial score (nSPS) is 17.3. The summed E-state index contributed by atoms with van der Waals surface area (Å²) in [4.78, 5) is 16.3. The maximum absolute atomic E-state index is 11.6. The molecule has 0 saturated heterocycles. The molecule has 2 aliphatic heterocycles. The Hall–Kier alpha value is -2.14. The Morgan fingerprint density at radius 1 is 1.35 bits per heavy atom. The Bertz CT molecular complexity index is 667. The van der Waals surface area contributed by atoms with Crippen LogP contribution in [0.25, 0.3) is 11.3 Å². The molecular weight excluding hydrogens is 254 g/mol. The Labute approximate surface area is 116 Å². The van der Waals surface area contributed by atoms with Crippen LogP contribution < -0.4 is 5.32 Å². The predicted octanol–water partition coefficient (Wildman–Crippen LogP) is 1.37. The highest BCUT2D eigenvalue weighted by Gasteiger charge is 2.20. The van der Waals surface area contributed by atoms with Crippen molar-refractivity contribution in [2.75, 3.05) is 13.2 Å². The fourth-order valence-electron chi connectivity index (χ4n) is 2.82. The first kappa shape index (κ1) is 11.7. The number of hydrogen-bond acceptors (Lipinski definition) is 4. The Morgan fingerprint density at radius 2 is 2.30 bits per heavy atom. The van der Waals surface area contributed by atoms with E-state index in [1.54, 1.807) is 0 Å². The number of nitrogens with zero attached hydrogens (tertiary/aromatic N) is 2. The number of aromatic nitrogens is 2. The van der Waals surface area contributed by atoms with Gasteiger partial charge < -0.3 is 14.6 Å². The van der Waals surface area contributed by atoms with E-state index in [9.17, 15) is 4.79 Å². The number of nitrogens with one attached hydrogen (secondary N) is 1. The molecule has 20 heavy (non-hydrogen) atoms. The molecule has 102 valence electrons. The topological polar surface area (TPSA) is 56.2 Å². The largest absolute Gasteiger partial charge is 0.462 e. The molecule has 0 atom stereocenters. The highest BCUT2D eigenvalue weighted by molar-refractivity contribution is 5.92. The van der Waals surface area contributed by atoms with Crippen LogP contribution in [0.15, 0.2) is 24.4 Å². The van der Waals surface area contributed by atoms with Crippen molar-refractivity contribution >= 4 is 5.97 Å². The maximum Gasteiger partial charge on any atom is 0.338 e. The molecule has 1 aromatic heterocycles. The second kappa shape index (κ2) is 4.45. The third-order valence-corrected chi connectivity index (χ3v) is 3.90. The third kappa shape index (κ3) is 1.82. The smallest absolute Gasteiger partial charge is 0.338 e. The molecule has 0 amide bonds. The van der Waals surface area contributed by atoms with E-state index in [-0.39, 0.29) is 5.97 Å². The van der Waals surface area contributed by atoms with Crippen molar-refractivity contribution in [2.24, 2.45) is 0 Å². The summed E-state index contributed by atoms with van der Waals surface area (Å²) in [6, 6.07) is 5.87. The van der Waals surface area contributed by atoms with Crippen molar-refractivity contribution in [3.63, 3.8) is 0 Å². The summed E-state index contributed by atoms with van der Waals surface area (Å²) in [6.07, 6.45) is 2.88. The molecule has 4 rings (SSSR count). The number of cyclic esters (lactones) is 1. The summed E-state index contributed by atoms with van der Waals surface area (Å²) in [5.74, 6) is 0.856. The number of carbonyl (C=O) groups is 1. The van der Waals surface area contributed by atoms with E-state index in [1.807, 2.05) is 12.1 Å². The maximum atomic E-state index is 11.6. The molecular formula is C15H15N3O2. The van der Waals surface area contributed by atoms with Crippen molar-refractivity contribution < 1.29 is 9.53 Å². The van der Waals surface area contributed by atoms with E-state index in [0.29, 0.717) is 12.2 Å². The summed E-state index contributed by atoms with van der Waals surface area (Å²) in [5.41, 5.74) is 3.79. The zero-order valence-electron chi connectivity index (χ0n) is 11.1. The zero-order valence-corrected chi connectivity index (χ0v) is 11.1. The minimum atomic E-state index is -0.217. The summed E-state index contributed by atoms with van der Waals surface area (Å²) < 4.78 is 7.24. The number of hydrogen-bond donors (Lipinski definition) is 1. The van der Waals surface area contributed by atoms with E-state index < -0.39 is 0 Å². The van der Waals surface area contributed by atoms with Crippen LogP contribution in [-0.2, 0) is 24.2 Å². The Balaban J connectivity index is 1.75. The molecule has 0 unspecified atom stereocenters. The van der Waals surface area contributed by atoms with Gasteiger partial charge in [0.05, 0.1) is 24.4 Å². The van der Waals surface area contributed by atoms with Gasteiger partial charge in [0, 0.05) is 31.3 Å². The van der Waals surface area contributed by atoms with E-state index in [2.05, 4.69) is 27.1 Å². The monoisotopic (exact) mass is 269 g/mol. The van der Waals surface area contributed by atoms with Crippen LogP contribution in [0.2, 0.25) is 0 Å². The lowest BCUT2D eigenvalue weighted by Gasteiger charge is -2.15. The quantitative estimate of drug-likeness (QED) is 0.794. The van der Waals surface area contributed by atoms with E-state index >= 15 is 0 Å². The zero-order chi connectivity index (χ0) is 13.5. The number of benzene rings is 1. The lowest BCUT2D eigenvalue weighted by Crippen LogP contribution is -2.27. The van der Waals surface area contributed by atoms with Crippen LogP contribution in [0.3, 0.4) is 0 Å². The summed E-state index contributed by atoms with van der Waals surface area (Å²) in [5, 5.41) is 3.32. The van der Waals surface area contributed by atoms with Crippen LogP contribution in [-0.4, -0.2) is 28.7 Å². The number of ether oxygens (including phenoxy) is 1. The first-order valence-electron chi connectivity index (χ1n) is 6.88. The van der Waals surface area contributed by atoms with Gasteiger partial charge in [0.2, 0.25) is 0 Å². The Kier molecular flexibility index (Phi) is 2.60. The molecule has 1 aromatic carbocycles. The second-order valence-electron chi connectivity index (χ2n) is 5.17. The van der Waals surface area contributed by atoms with Gasteiger partial charge >= 0.3 is 5.97 Å². The molecule has 0 bridgehead atoms. The van der Waals surface area contributed by atoms with E-state index in [1.165, 1.54) is 0 Å². The first-order valence-corrected chi connectivity index (χ1v) is 6.88. The van der Waals surface area contributed by atoms with Crippen molar-refractivity contribution in [3.8, 4) is 11.3 Å². The minimum Gasteiger partial charge on any atom is -0.462 e. The van der Waals surface area contributed by atoms with Crippen LogP contribution in [0, 0.1) is 0 Å². The number of fused-ring (bicyclic) bond motifs is 2. The fourth-order valence-corrected chi connectivity index (χ4v) is 2.82. The standard InChI is InChI=1S/C15H15N3O2/c19-15-12-2-1-11(7-10(12)3-6-20-15)13-9-18-5-4-16-8-14(18)17-13/h1-2,7,9,16H,3-6,8H2. The van der Waals surface area contributed by atoms with Gasteiger partial charge in [-0.1, -0.05) is 6.07 Å². The molecule has 2 aromatic rings. The molecule has 5 nitrogen and oxygen atoms in total. The fraction of sp³-hybridized carbons (Fsp3) is 0.333. The highest BCUT2D eigenvalue weighted by Crippen LogP contribution is 2.25. The van der Waals surface area contributed by atoms with Gasteiger partial charge in [0.1, 0.15) is 5.82 Å². The van der Waals surface area contributed by atoms with Gasteiger partial charge in [0.15, 0.2) is 0 Å². The second-order valence-corrected chi connectivity index (χ2v) is 5.17. The molecule has 0 spiro atoms. The van der Waals surface area contributed by atoms with Crippen molar-refractivity contribution in [1.82, 2.24) is 14.9 Å². The van der Waals surface area contributed by atoms with Gasteiger partial charge in [0.25, 0.3) is 0 Å². The highest BCUT2D eigenvalue weighted by atomic mass is 16.5. The van der Waals surface area contributed by atoms with E-state index in [4.69, 9.17) is 4.74 Å². The summed E-state index contributed by atoms with van der Waals surface area (Å²) in [7, 11) is 0. The van der Waals surface area contributed by atoms with Crippen LogP contribution in [0.4, 0.5) is 0 Å². The molecule has 0 radical (unpaired) electrons. The van der Waals surface area contributed by atoms with Gasteiger partial charge in [-0.25, -0.2) is 9.78 Å². The lowest BCUT2D eigenvalue weighted by atomic mass is 9.99. The number of rotatable bonds is 1. The molecule has 2 aliphatic rings. The van der Waals surface area contributed by atoms with E-state index in [0.717, 1.165) is 48.7 Å². The average molecular weight is 269 g/mol. The van der Waals surface area contributed by atoms with Crippen molar-refractivity contribution in [1.29, 1.82) is 0 Å². The molecule has 0 aliphatic carbocycles. The molecule has 0 fully saturated rings. The molecule has 0 saturated carbocycles. The van der Waals surface area contributed by atoms with Crippen molar-refractivity contribution in [2.45, 2.75) is 19.5 Å². The van der Waals surface area contributed by atoms with Crippen LogP contribution in [0.1, 0.15) is 21.7 Å². The minimum absolute atomic E-state index is 0.217. The number of carbonyl (C=O) groups excluding carboxylic acids is 1. The first-order chi connectivity index (χ1) is 9.81. The summed E-state index contributed by atoms with van der Waals surface area (Å²) >= 11 is 0. The number of esters is 1. The van der Waals surface area contributed by atoms with Gasteiger partial charge in [-0.05, 0) is 17.7 Å².